The first-order chi connectivity index (χ1) is 8.70. The maximum Gasteiger partial charge on any atom is 0.239 e. The van der Waals surface area contributed by atoms with Crippen LogP contribution in [-0.4, -0.2) is 48.6 Å². The van der Waals surface area contributed by atoms with Crippen LogP contribution in [0.1, 0.15) is 12.1 Å². The molecule has 0 radical (unpaired) electrons. The number of carbonyl (C=O) groups excluding carboxylic acids is 1. The van der Waals surface area contributed by atoms with Crippen molar-refractivity contribution in [1.82, 2.24) is 15.2 Å². The van der Waals surface area contributed by atoms with Crippen molar-refractivity contribution in [3.05, 3.63) is 30.1 Å². The van der Waals surface area contributed by atoms with Crippen molar-refractivity contribution in [2.45, 2.75) is 25.1 Å². The quantitative estimate of drug-likeness (QED) is 0.840. The van der Waals surface area contributed by atoms with E-state index < -0.39 is 0 Å². The van der Waals surface area contributed by atoms with Crippen LogP contribution in [0.2, 0.25) is 0 Å². The maximum absolute atomic E-state index is 12.2. The zero-order valence-electron chi connectivity index (χ0n) is 10.8. The van der Waals surface area contributed by atoms with Gasteiger partial charge in [0, 0.05) is 26.9 Å². The first kappa shape index (κ1) is 13.0. The monoisotopic (exact) mass is 249 g/mol. The van der Waals surface area contributed by atoms with Gasteiger partial charge in [-0.05, 0) is 18.6 Å². The summed E-state index contributed by atoms with van der Waals surface area (Å²) < 4.78 is 5.24. The van der Waals surface area contributed by atoms with Crippen molar-refractivity contribution in [3.8, 4) is 0 Å². The second-order valence-corrected chi connectivity index (χ2v) is 4.57. The Kier molecular flexibility index (Phi) is 4.28. The molecule has 1 aromatic heterocycles. The van der Waals surface area contributed by atoms with E-state index in [1.165, 1.54) is 0 Å². The number of methoxy groups -OCH3 is 1. The highest BCUT2D eigenvalue weighted by Gasteiger charge is 2.31. The van der Waals surface area contributed by atoms with Crippen LogP contribution >= 0.6 is 0 Å². The lowest BCUT2D eigenvalue weighted by atomic mass is 10.2. The van der Waals surface area contributed by atoms with Crippen LogP contribution in [0, 0.1) is 0 Å². The molecule has 0 aliphatic carbocycles. The predicted molar refractivity (Wildman–Crippen MR) is 67.9 cm³/mol. The summed E-state index contributed by atoms with van der Waals surface area (Å²) in [6, 6.07) is 5.58. The SMILES string of the molecule is COC1CN[C@H](C(=O)N(C)Cc2ccccn2)C1. The molecule has 1 fully saturated rings. The zero-order chi connectivity index (χ0) is 13.0. The molecule has 0 bridgehead atoms. The largest absolute Gasteiger partial charge is 0.380 e. The molecule has 5 heteroatoms. The highest BCUT2D eigenvalue weighted by molar-refractivity contribution is 5.82. The first-order valence-corrected chi connectivity index (χ1v) is 6.11. The van der Waals surface area contributed by atoms with Crippen molar-refractivity contribution in [1.29, 1.82) is 0 Å². The van der Waals surface area contributed by atoms with Crippen molar-refractivity contribution in [3.63, 3.8) is 0 Å². The van der Waals surface area contributed by atoms with Crippen LogP contribution in [-0.2, 0) is 16.1 Å². The molecule has 2 atom stereocenters. The van der Waals surface area contributed by atoms with Gasteiger partial charge in [0.1, 0.15) is 0 Å². The van der Waals surface area contributed by atoms with Crippen molar-refractivity contribution in [2.75, 3.05) is 20.7 Å². The van der Waals surface area contributed by atoms with E-state index in [0.717, 1.165) is 18.7 Å². The molecule has 18 heavy (non-hydrogen) atoms. The van der Waals surface area contributed by atoms with Gasteiger partial charge in [-0.1, -0.05) is 6.07 Å². The fraction of sp³-hybridized carbons (Fsp3) is 0.538. The molecule has 5 nitrogen and oxygen atoms in total. The second kappa shape index (κ2) is 5.93. The minimum atomic E-state index is -0.135. The van der Waals surface area contributed by atoms with Crippen molar-refractivity contribution < 1.29 is 9.53 Å². The summed E-state index contributed by atoms with van der Waals surface area (Å²) in [6.07, 6.45) is 2.62. The van der Waals surface area contributed by atoms with Crippen molar-refractivity contribution in [2.24, 2.45) is 0 Å². The lowest BCUT2D eigenvalue weighted by Gasteiger charge is -2.20. The lowest BCUT2D eigenvalue weighted by Crippen LogP contribution is -2.41. The Bertz CT molecular complexity index is 396. The van der Waals surface area contributed by atoms with Crippen LogP contribution in [0.4, 0.5) is 0 Å². The molecule has 1 saturated heterocycles. The van der Waals surface area contributed by atoms with E-state index in [0.29, 0.717) is 6.54 Å². The number of nitrogens with one attached hydrogen (secondary N) is 1. The Labute approximate surface area is 107 Å². The van der Waals surface area contributed by atoms with Crippen molar-refractivity contribution >= 4 is 5.91 Å². The van der Waals surface area contributed by atoms with Gasteiger partial charge in [0.25, 0.3) is 0 Å². The van der Waals surface area contributed by atoms with Crippen LogP contribution in [0.15, 0.2) is 24.4 Å². The minimum Gasteiger partial charge on any atom is -0.380 e. The first-order valence-electron chi connectivity index (χ1n) is 6.11. The molecule has 1 N–H and O–H groups in total. The second-order valence-electron chi connectivity index (χ2n) is 4.57. The average molecular weight is 249 g/mol. The molecule has 2 heterocycles. The van der Waals surface area contributed by atoms with Gasteiger partial charge in [-0.15, -0.1) is 0 Å². The molecular weight excluding hydrogens is 230 g/mol. The summed E-state index contributed by atoms with van der Waals surface area (Å²) in [7, 11) is 3.48. The van der Waals surface area contributed by atoms with Gasteiger partial charge < -0.3 is 15.0 Å². The van der Waals surface area contributed by atoms with E-state index in [9.17, 15) is 4.79 Å². The number of hydrogen-bond acceptors (Lipinski definition) is 4. The molecule has 1 unspecified atom stereocenters. The summed E-state index contributed by atoms with van der Waals surface area (Å²) in [4.78, 5) is 18.1. The number of carbonyl (C=O) groups is 1. The van der Waals surface area contributed by atoms with E-state index in [2.05, 4.69) is 10.3 Å². The summed E-state index contributed by atoms with van der Waals surface area (Å²) in [5.74, 6) is 0.0974. The molecule has 0 spiro atoms. The third kappa shape index (κ3) is 3.05. The van der Waals surface area contributed by atoms with Crippen LogP contribution < -0.4 is 5.32 Å². The number of likely N-dealkylation sites (N-methyl/N-ethyl adjacent to an activating group) is 1. The molecule has 1 aliphatic rings. The summed E-state index contributed by atoms with van der Waals surface area (Å²) in [6.45, 7) is 1.28. The zero-order valence-corrected chi connectivity index (χ0v) is 10.8. The lowest BCUT2D eigenvalue weighted by molar-refractivity contribution is -0.132. The van der Waals surface area contributed by atoms with Crippen LogP contribution in [0.5, 0.6) is 0 Å². The topological polar surface area (TPSA) is 54.5 Å². The Morgan fingerprint density at radius 3 is 3.06 bits per heavy atom. The Morgan fingerprint density at radius 2 is 2.44 bits per heavy atom. The van der Waals surface area contributed by atoms with E-state index in [1.807, 2.05) is 18.2 Å². The highest BCUT2D eigenvalue weighted by Crippen LogP contribution is 2.12. The Hall–Kier alpha value is -1.46. The molecule has 2 rings (SSSR count). The molecular formula is C13H19N3O2. The Morgan fingerprint density at radius 1 is 1.61 bits per heavy atom. The molecule has 1 aromatic rings. The van der Waals surface area contributed by atoms with Gasteiger partial charge >= 0.3 is 0 Å². The number of hydrogen-bond donors (Lipinski definition) is 1. The smallest absolute Gasteiger partial charge is 0.239 e. The van der Waals surface area contributed by atoms with Gasteiger partial charge in [-0.2, -0.15) is 0 Å². The fourth-order valence-electron chi connectivity index (χ4n) is 2.15. The summed E-state index contributed by atoms with van der Waals surface area (Å²) >= 11 is 0. The van der Waals surface area contributed by atoms with Crippen LogP contribution in [0.3, 0.4) is 0 Å². The number of nitrogens with zero attached hydrogens (tertiary/aromatic N) is 2. The standard InChI is InChI=1S/C13H19N3O2/c1-16(9-10-5-3-4-6-14-10)13(17)12-7-11(18-2)8-15-12/h3-6,11-12,15H,7-9H2,1-2H3/t11?,12-/m0/s1. The number of rotatable bonds is 4. The molecule has 0 aromatic carbocycles. The van der Waals surface area contributed by atoms with E-state index in [1.54, 1.807) is 25.3 Å². The van der Waals surface area contributed by atoms with Crippen LogP contribution in [0.25, 0.3) is 0 Å². The number of aromatic nitrogens is 1. The fourth-order valence-corrected chi connectivity index (χ4v) is 2.15. The van der Waals surface area contributed by atoms with E-state index in [-0.39, 0.29) is 18.1 Å². The van der Waals surface area contributed by atoms with Gasteiger partial charge in [0.2, 0.25) is 5.91 Å². The van der Waals surface area contributed by atoms with Gasteiger partial charge in [-0.3, -0.25) is 9.78 Å². The van der Waals surface area contributed by atoms with Gasteiger partial charge in [0.05, 0.1) is 24.4 Å². The molecule has 0 saturated carbocycles. The summed E-state index contributed by atoms with van der Waals surface area (Å²) in [5.41, 5.74) is 0.898. The average Bonchev–Trinajstić information content (AvgIpc) is 2.87. The third-order valence-electron chi connectivity index (χ3n) is 3.22. The van der Waals surface area contributed by atoms with Gasteiger partial charge in [0.15, 0.2) is 0 Å². The van der Waals surface area contributed by atoms with E-state index in [4.69, 9.17) is 4.74 Å². The normalized spacial score (nSPS) is 23.0. The predicted octanol–water partition coefficient (Wildman–Crippen LogP) is 0.417. The molecule has 1 aliphatic heterocycles. The number of pyridine rings is 1. The number of amides is 1. The highest BCUT2D eigenvalue weighted by atomic mass is 16.5. The Balaban J connectivity index is 1.89. The minimum absolute atomic E-state index is 0.0974. The third-order valence-corrected chi connectivity index (χ3v) is 3.22. The maximum atomic E-state index is 12.2. The van der Waals surface area contributed by atoms with Gasteiger partial charge in [-0.25, -0.2) is 0 Å². The van der Waals surface area contributed by atoms with E-state index >= 15 is 0 Å². The summed E-state index contributed by atoms with van der Waals surface area (Å²) in [5, 5.41) is 3.19. The number of ether oxygens (including phenoxy) is 1. The molecule has 98 valence electrons. The molecule has 1 amide bonds.